The number of amides is 1. The lowest BCUT2D eigenvalue weighted by Gasteiger charge is -2.15. The minimum atomic E-state index is -0.655. The number of carbonyl (C=O) groups excluding carboxylic acids is 1. The molecule has 4 aromatic rings. The molecule has 0 aliphatic heterocycles. The van der Waals surface area contributed by atoms with Crippen LogP contribution in [0.1, 0.15) is 12.5 Å². The molecule has 0 bridgehead atoms. The zero-order valence-electron chi connectivity index (χ0n) is 17.3. The van der Waals surface area contributed by atoms with Crippen molar-refractivity contribution in [1.29, 1.82) is 0 Å². The molecule has 1 atom stereocenters. The van der Waals surface area contributed by atoms with E-state index in [1.54, 1.807) is 43.0 Å². The summed E-state index contributed by atoms with van der Waals surface area (Å²) in [5.41, 5.74) is 2.52. The molecule has 9 heteroatoms. The number of aromatic amines is 1. The molecule has 0 aliphatic rings. The van der Waals surface area contributed by atoms with Crippen LogP contribution in [0.3, 0.4) is 0 Å². The number of fused-ring (bicyclic) bond motifs is 1. The zero-order valence-corrected chi connectivity index (χ0v) is 17.3. The Kier molecular flexibility index (Phi) is 5.40. The molecule has 2 aromatic carbocycles. The smallest absolute Gasteiger partial charge is 0.263 e. The Balaban J connectivity index is 1.57. The molecule has 2 heterocycles. The van der Waals surface area contributed by atoms with Gasteiger partial charge < -0.3 is 15.4 Å². The van der Waals surface area contributed by atoms with Gasteiger partial charge in [0.1, 0.15) is 17.2 Å². The summed E-state index contributed by atoms with van der Waals surface area (Å²) in [6.45, 7) is 3.64. The van der Waals surface area contributed by atoms with Crippen molar-refractivity contribution in [3.05, 3.63) is 70.6 Å². The molecular weight excluding hydrogens is 396 g/mol. The van der Waals surface area contributed by atoms with Crippen molar-refractivity contribution >= 4 is 28.6 Å². The van der Waals surface area contributed by atoms with Gasteiger partial charge in [0.05, 0.1) is 19.0 Å². The van der Waals surface area contributed by atoms with E-state index in [9.17, 15) is 9.59 Å². The summed E-state index contributed by atoms with van der Waals surface area (Å²) in [6.07, 6.45) is 1.48. The number of methoxy groups -OCH3 is 1. The fourth-order valence-corrected chi connectivity index (χ4v) is 3.16. The Morgan fingerprint density at radius 3 is 2.61 bits per heavy atom. The van der Waals surface area contributed by atoms with Gasteiger partial charge in [-0.05, 0) is 49.7 Å². The number of nitrogens with zero attached hydrogens (tertiary/aromatic N) is 3. The van der Waals surface area contributed by atoms with Crippen molar-refractivity contribution in [1.82, 2.24) is 19.7 Å². The number of hydrogen-bond donors (Lipinski definition) is 3. The van der Waals surface area contributed by atoms with Gasteiger partial charge in [-0.1, -0.05) is 18.2 Å². The van der Waals surface area contributed by atoms with Gasteiger partial charge in [-0.2, -0.15) is 10.1 Å². The summed E-state index contributed by atoms with van der Waals surface area (Å²) in [4.78, 5) is 32.3. The second-order valence-electron chi connectivity index (χ2n) is 7.08. The van der Waals surface area contributed by atoms with Gasteiger partial charge in [0.2, 0.25) is 11.9 Å². The number of para-hydroxylation sites is 1. The number of aryl methyl sites for hydroxylation is 1. The molecule has 3 N–H and O–H groups in total. The number of rotatable bonds is 6. The Bertz CT molecular complexity index is 1290. The van der Waals surface area contributed by atoms with Crippen LogP contribution in [0.2, 0.25) is 0 Å². The lowest BCUT2D eigenvalue weighted by molar-refractivity contribution is -0.116. The highest BCUT2D eigenvalue weighted by Gasteiger charge is 2.17. The second kappa shape index (κ2) is 8.31. The van der Waals surface area contributed by atoms with E-state index in [0.717, 1.165) is 11.3 Å². The van der Waals surface area contributed by atoms with Crippen molar-refractivity contribution in [2.75, 3.05) is 17.7 Å². The molecule has 0 fully saturated rings. The third-order valence-corrected chi connectivity index (χ3v) is 4.89. The molecule has 0 aliphatic carbocycles. The number of benzene rings is 2. The third kappa shape index (κ3) is 4.11. The highest BCUT2D eigenvalue weighted by molar-refractivity contribution is 5.96. The molecule has 0 saturated heterocycles. The third-order valence-electron chi connectivity index (χ3n) is 4.89. The molecular formula is C22H22N6O3. The van der Waals surface area contributed by atoms with Crippen LogP contribution in [-0.4, -0.2) is 38.8 Å². The lowest BCUT2D eigenvalue weighted by Crippen LogP contribution is -2.33. The molecule has 9 nitrogen and oxygen atoms in total. The average Bonchev–Trinajstić information content (AvgIpc) is 3.19. The van der Waals surface area contributed by atoms with Crippen LogP contribution in [0.25, 0.3) is 16.7 Å². The molecule has 2 aromatic heterocycles. The maximum Gasteiger partial charge on any atom is 0.263 e. The molecule has 0 radical (unpaired) electrons. The van der Waals surface area contributed by atoms with Gasteiger partial charge in [0.25, 0.3) is 5.56 Å². The normalized spacial score (nSPS) is 11.8. The van der Waals surface area contributed by atoms with E-state index in [1.165, 1.54) is 6.20 Å². The summed E-state index contributed by atoms with van der Waals surface area (Å²) in [5.74, 6) is 0.607. The highest BCUT2D eigenvalue weighted by Crippen LogP contribution is 2.19. The number of aromatic nitrogens is 4. The number of carbonyl (C=O) groups is 1. The summed E-state index contributed by atoms with van der Waals surface area (Å²) >= 11 is 0. The Morgan fingerprint density at radius 1 is 1.16 bits per heavy atom. The maximum absolute atomic E-state index is 12.6. The van der Waals surface area contributed by atoms with E-state index in [0.29, 0.717) is 22.5 Å². The summed E-state index contributed by atoms with van der Waals surface area (Å²) in [7, 11) is 1.58. The van der Waals surface area contributed by atoms with Crippen molar-refractivity contribution in [3.63, 3.8) is 0 Å². The predicted molar refractivity (Wildman–Crippen MR) is 119 cm³/mol. The number of H-pyrrole nitrogens is 1. The van der Waals surface area contributed by atoms with Crippen LogP contribution in [-0.2, 0) is 4.79 Å². The minimum Gasteiger partial charge on any atom is -0.497 e. The van der Waals surface area contributed by atoms with Crippen molar-refractivity contribution in [2.24, 2.45) is 0 Å². The summed E-state index contributed by atoms with van der Waals surface area (Å²) in [6, 6.07) is 14.0. The number of ether oxygens (including phenoxy) is 1. The monoisotopic (exact) mass is 418 g/mol. The number of hydrogen-bond acceptors (Lipinski definition) is 6. The Labute approximate surface area is 178 Å². The standard InChI is InChI=1S/C22H22N6O3/c1-13-6-4-5-7-18(13)28-19-17(12-23-28)21(30)27-22(26-19)24-14(2)20(29)25-15-8-10-16(31-3)11-9-15/h4-12,14H,1-3H3,(H,25,29)(H2,24,26,27,30). The van der Waals surface area contributed by atoms with Gasteiger partial charge >= 0.3 is 0 Å². The molecule has 1 amide bonds. The maximum atomic E-state index is 12.6. The van der Waals surface area contributed by atoms with Crippen LogP contribution in [0.4, 0.5) is 11.6 Å². The molecule has 31 heavy (non-hydrogen) atoms. The van der Waals surface area contributed by atoms with E-state index >= 15 is 0 Å². The van der Waals surface area contributed by atoms with E-state index < -0.39 is 6.04 Å². The van der Waals surface area contributed by atoms with Crippen molar-refractivity contribution < 1.29 is 9.53 Å². The van der Waals surface area contributed by atoms with E-state index in [4.69, 9.17) is 4.74 Å². The summed E-state index contributed by atoms with van der Waals surface area (Å²) < 4.78 is 6.73. The molecule has 1 unspecified atom stereocenters. The van der Waals surface area contributed by atoms with Crippen LogP contribution >= 0.6 is 0 Å². The van der Waals surface area contributed by atoms with Crippen molar-refractivity contribution in [2.45, 2.75) is 19.9 Å². The summed E-state index contributed by atoms with van der Waals surface area (Å²) in [5, 5.41) is 10.5. The SMILES string of the molecule is COc1ccc(NC(=O)C(C)Nc2nc3c(cnn3-c3ccccc3C)c(=O)[nH]2)cc1. The first kappa shape index (κ1) is 20.1. The molecule has 0 saturated carbocycles. The predicted octanol–water partition coefficient (Wildman–Crippen LogP) is 2.86. The average molecular weight is 418 g/mol. The Morgan fingerprint density at radius 2 is 1.90 bits per heavy atom. The first-order valence-corrected chi connectivity index (χ1v) is 9.72. The Hall–Kier alpha value is -4.14. The fourth-order valence-electron chi connectivity index (χ4n) is 3.16. The minimum absolute atomic E-state index is 0.185. The van der Waals surface area contributed by atoms with Gasteiger partial charge in [0.15, 0.2) is 5.65 Å². The van der Waals surface area contributed by atoms with Crippen LogP contribution in [0.15, 0.2) is 59.5 Å². The molecule has 158 valence electrons. The van der Waals surface area contributed by atoms with Gasteiger partial charge in [-0.25, -0.2) is 4.68 Å². The second-order valence-corrected chi connectivity index (χ2v) is 7.08. The largest absolute Gasteiger partial charge is 0.497 e. The van der Waals surface area contributed by atoms with Gasteiger partial charge in [0, 0.05) is 5.69 Å². The van der Waals surface area contributed by atoms with Crippen LogP contribution in [0.5, 0.6) is 5.75 Å². The zero-order chi connectivity index (χ0) is 22.0. The first-order chi connectivity index (χ1) is 15.0. The van der Waals surface area contributed by atoms with Crippen molar-refractivity contribution in [3.8, 4) is 11.4 Å². The molecule has 0 spiro atoms. The number of anilines is 2. The quantitative estimate of drug-likeness (QED) is 0.444. The highest BCUT2D eigenvalue weighted by atomic mass is 16.5. The van der Waals surface area contributed by atoms with E-state index in [2.05, 4.69) is 25.7 Å². The molecule has 4 rings (SSSR count). The van der Waals surface area contributed by atoms with Gasteiger partial charge in [-0.3, -0.25) is 14.6 Å². The fraction of sp³-hybridized carbons (Fsp3) is 0.182. The van der Waals surface area contributed by atoms with Gasteiger partial charge in [-0.15, -0.1) is 0 Å². The van der Waals surface area contributed by atoms with E-state index in [-0.39, 0.29) is 17.4 Å². The lowest BCUT2D eigenvalue weighted by atomic mass is 10.2. The van der Waals surface area contributed by atoms with Crippen LogP contribution < -0.4 is 20.9 Å². The van der Waals surface area contributed by atoms with E-state index in [1.807, 2.05) is 31.2 Å². The number of nitrogens with one attached hydrogen (secondary N) is 3. The topological polar surface area (TPSA) is 114 Å². The van der Waals surface area contributed by atoms with Crippen LogP contribution in [0, 0.1) is 6.92 Å². The first-order valence-electron chi connectivity index (χ1n) is 9.72.